The van der Waals surface area contributed by atoms with Crippen LogP contribution in [0.2, 0.25) is 0 Å². The fourth-order valence-corrected chi connectivity index (χ4v) is 7.78. The molecule has 0 amide bonds. The zero-order chi connectivity index (χ0) is 16.6. The average molecular weight is 332 g/mol. The molecule has 3 nitrogen and oxygen atoms in total. The van der Waals surface area contributed by atoms with Crippen molar-refractivity contribution >= 4 is 5.78 Å². The van der Waals surface area contributed by atoms with Crippen molar-refractivity contribution in [3.05, 3.63) is 0 Å². The summed E-state index contributed by atoms with van der Waals surface area (Å²) in [4.78, 5) is 13.3. The summed E-state index contributed by atoms with van der Waals surface area (Å²) in [5.74, 6) is 2.65. The minimum Gasteiger partial charge on any atom is -0.348 e. The molecule has 0 unspecified atom stereocenters. The van der Waals surface area contributed by atoms with Crippen LogP contribution >= 0.6 is 0 Å². The molecule has 24 heavy (non-hydrogen) atoms. The zero-order valence-corrected chi connectivity index (χ0v) is 15.3. The van der Waals surface area contributed by atoms with Gasteiger partial charge in [-0.25, -0.2) is 0 Å². The van der Waals surface area contributed by atoms with Gasteiger partial charge in [0.2, 0.25) is 0 Å². The molecule has 1 heterocycles. The average Bonchev–Trinajstić information content (AvgIpc) is 3.14. The minimum atomic E-state index is -0.309. The lowest BCUT2D eigenvalue weighted by molar-refractivity contribution is -0.226. The van der Waals surface area contributed by atoms with Gasteiger partial charge in [0, 0.05) is 25.2 Å². The summed E-state index contributed by atoms with van der Waals surface area (Å²) in [6.45, 7) is 6.33. The van der Waals surface area contributed by atoms with Gasteiger partial charge in [0.1, 0.15) is 5.78 Å². The molecule has 4 aliphatic carbocycles. The monoisotopic (exact) mass is 332 g/mol. The third-order valence-electron chi connectivity index (χ3n) is 8.94. The first-order valence-electron chi connectivity index (χ1n) is 10.3. The van der Waals surface area contributed by atoms with E-state index in [-0.39, 0.29) is 11.2 Å². The fourth-order valence-electron chi connectivity index (χ4n) is 7.78. The van der Waals surface area contributed by atoms with Crippen molar-refractivity contribution in [1.82, 2.24) is 0 Å². The summed E-state index contributed by atoms with van der Waals surface area (Å²) in [6, 6.07) is 0. The molecule has 3 heteroatoms. The zero-order valence-electron chi connectivity index (χ0n) is 15.3. The summed E-state index contributed by atoms with van der Waals surface area (Å²) in [6.07, 6.45) is 10.5. The van der Waals surface area contributed by atoms with Gasteiger partial charge in [-0.05, 0) is 60.7 Å². The molecule has 6 atom stereocenters. The molecule has 1 saturated heterocycles. The van der Waals surface area contributed by atoms with Crippen LogP contribution in [-0.2, 0) is 14.3 Å². The van der Waals surface area contributed by atoms with Crippen LogP contribution in [0.5, 0.6) is 0 Å². The number of hydrogen-bond donors (Lipinski definition) is 0. The van der Waals surface area contributed by atoms with Gasteiger partial charge < -0.3 is 9.47 Å². The molecule has 0 bridgehead atoms. The minimum absolute atomic E-state index is 0.185. The van der Waals surface area contributed by atoms with Gasteiger partial charge in [0.05, 0.1) is 13.2 Å². The highest BCUT2D eigenvalue weighted by Gasteiger charge is 2.63. The Morgan fingerprint density at radius 3 is 2.58 bits per heavy atom. The van der Waals surface area contributed by atoms with Crippen molar-refractivity contribution in [1.29, 1.82) is 0 Å². The summed E-state index contributed by atoms with van der Waals surface area (Å²) in [7, 11) is 0. The number of carbonyl (C=O) groups is 1. The van der Waals surface area contributed by atoms with Crippen molar-refractivity contribution in [2.75, 3.05) is 13.2 Å². The number of carbonyl (C=O) groups excluding carboxylic acids is 1. The first-order chi connectivity index (χ1) is 11.5. The van der Waals surface area contributed by atoms with E-state index in [4.69, 9.17) is 9.47 Å². The number of hydrogen-bond acceptors (Lipinski definition) is 3. The van der Waals surface area contributed by atoms with E-state index >= 15 is 0 Å². The Kier molecular flexibility index (Phi) is 3.34. The topological polar surface area (TPSA) is 35.5 Å². The van der Waals surface area contributed by atoms with Crippen LogP contribution in [0.15, 0.2) is 0 Å². The second kappa shape index (κ2) is 5.07. The third-order valence-corrected chi connectivity index (χ3v) is 8.94. The predicted molar refractivity (Wildman–Crippen MR) is 91.4 cm³/mol. The van der Waals surface area contributed by atoms with Gasteiger partial charge in [-0.2, -0.15) is 0 Å². The first-order valence-corrected chi connectivity index (χ1v) is 10.3. The van der Waals surface area contributed by atoms with E-state index < -0.39 is 0 Å². The Morgan fingerprint density at radius 1 is 1.00 bits per heavy atom. The van der Waals surface area contributed by atoms with E-state index in [0.29, 0.717) is 29.0 Å². The highest BCUT2D eigenvalue weighted by molar-refractivity contribution is 5.84. The molecule has 4 saturated carbocycles. The standard InChI is InChI=1S/C21H32O3/c1-19-7-3-4-16(19)15-6-5-14-12-21(23-10-11-24-21)9-8-20(14,2)18(15)17(22)13-19/h14-16,18H,3-13H2,1-2H3/t14-,15+,16+,18-,19+,20-/m0/s1. The largest absolute Gasteiger partial charge is 0.348 e. The van der Waals surface area contributed by atoms with E-state index in [2.05, 4.69) is 13.8 Å². The van der Waals surface area contributed by atoms with Crippen LogP contribution in [0.25, 0.3) is 0 Å². The molecule has 1 spiro atoms. The number of rotatable bonds is 0. The van der Waals surface area contributed by atoms with Crippen LogP contribution in [0.1, 0.15) is 71.6 Å². The van der Waals surface area contributed by atoms with Gasteiger partial charge in [0.25, 0.3) is 0 Å². The van der Waals surface area contributed by atoms with E-state index in [1.165, 1.54) is 32.1 Å². The van der Waals surface area contributed by atoms with Gasteiger partial charge >= 0.3 is 0 Å². The molecule has 0 aromatic rings. The number of ether oxygens (including phenoxy) is 2. The van der Waals surface area contributed by atoms with Crippen LogP contribution in [0.4, 0.5) is 0 Å². The van der Waals surface area contributed by atoms with Gasteiger partial charge in [-0.15, -0.1) is 0 Å². The SMILES string of the molecule is C[C@]12CCC[C@@H]1[C@H]1CC[C@H]3CC4(CC[C@]3(C)[C@@H]1C(=O)C2)OCCO4. The quantitative estimate of drug-likeness (QED) is 0.662. The maximum atomic E-state index is 13.3. The van der Waals surface area contributed by atoms with Crippen molar-refractivity contribution in [2.24, 2.45) is 34.5 Å². The summed E-state index contributed by atoms with van der Waals surface area (Å²) in [5.41, 5.74) is 0.499. The van der Waals surface area contributed by atoms with Crippen LogP contribution in [-0.4, -0.2) is 24.8 Å². The summed E-state index contributed by atoms with van der Waals surface area (Å²) < 4.78 is 12.0. The molecule has 0 aromatic heterocycles. The molecular formula is C21H32O3. The molecule has 0 radical (unpaired) electrons. The van der Waals surface area contributed by atoms with Crippen LogP contribution in [0, 0.1) is 34.5 Å². The maximum Gasteiger partial charge on any atom is 0.168 e. The van der Waals surface area contributed by atoms with Crippen LogP contribution in [0.3, 0.4) is 0 Å². The molecule has 5 aliphatic rings. The molecule has 1 aliphatic heterocycles. The number of fused-ring (bicyclic) bond motifs is 5. The van der Waals surface area contributed by atoms with Crippen molar-refractivity contribution in [3.8, 4) is 0 Å². The Balaban J connectivity index is 1.46. The maximum absolute atomic E-state index is 13.3. The normalized spacial score (nSPS) is 52.8. The second-order valence-corrected chi connectivity index (χ2v) is 10.0. The number of Topliss-reactive ketones (excluding diaryl/α,β-unsaturated/α-hetero) is 1. The highest BCUT2D eigenvalue weighted by atomic mass is 16.7. The Labute approximate surface area is 145 Å². The number of ketones is 1. The molecule has 0 N–H and O–H groups in total. The first kappa shape index (κ1) is 15.8. The van der Waals surface area contributed by atoms with Crippen molar-refractivity contribution in [3.63, 3.8) is 0 Å². The molecular weight excluding hydrogens is 300 g/mol. The molecule has 5 rings (SSSR count). The smallest absolute Gasteiger partial charge is 0.168 e. The van der Waals surface area contributed by atoms with E-state index in [0.717, 1.165) is 44.8 Å². The second-order valence-electron chi connectivity index (χ2n) is 10.0. The van der Waals surface area contributed by atoms with Crippen LogP contribution < -0.4 is 0 Å². The Hall–Kier alpha value is -0.410. The van der Waals surface area contributed by atoms with Gasteiger partial charge in [-0.3, -0.25) is 4.79 Å². The van der Waals surface area contributed by atoms with E-state index in [1.807, 2.05) is 0 Å². The highest BCUT2D eigenvalue weighted by Crippen LogP contribution is 2.66. The lowest BCUT2D eigenvalue weighted by Gasteiger charge is -2.60. The van der Waals surface area contributed by atoms with Crippen molar-refractivity contribution in [2.45, 2.75) is 77.4 Å². The Bertz CT molecular complexity index is 551. The summed E-state index contributed by atoms with van der Waals surface area (Å²) in [5, 5.41) is 0. The predicted octanol–water partition coefficient (Wildman–Crippen LogP) is 4.34. The molecule has 5 fully saturated rings. The molecule has 0 aromatic carbocycles. The van der Waals surface area contributed by atoms with E-state index in [9.17, 15) is 4.79 Å². The van der Waals surface area contributed by atoms with Gasteiger partial charge in [0.15, 0.2) is 5.79 Å². The lowest BCUT2D eigenvalue weighted by Crippen LogP contribution is -2.58. The summed E-state index contributed by atoms with van der Waals surface area (Å²) >= 11 is 0. The van der Waals surface area contributed by atoms with Crippen molar-refractivity contribution < 1.29 is 14.3 Å². The van der Waals surface area contributed by atoms with Gasteiger partial charge in [-0.1, -0.05) is 20.3 Å². The fraction of sp³-hybridized carbons (Fsp3) is 0.952. The Morgan fingerprint density at radius 2 is 1.79 bits per heavy atom. The lowest BCUT2D eigenvalue weighted by atomic mass is 9.44. The third kappa shape index (κ3) is 2.00. The molecule has 134 valence electrons. The van der Waals surface area contributed by atoms with E-state index in [1.54, 1.807) is 0 Å².